The number of carbonyl (C=O) groups is 1. The van der Waals surface area contributed by atoms with Crippen molar-refractivity contribution in [3.63, 3.8) is 0 Å². The summed E-state index contributed by atoms with van der Waals surface area (Å²) in [4.78, 5) is 15.9. The van der Waals surface area contributed by atoms with Crippen LogP contribution in [0.15, 0.2) is 28.2 Å². The second-order valence-corrected chi connectivity index (χ2v) is 6.17. The number of anilines is 1. The van der Waals surface area contributed by atoms with Gasteiger partial charge in [0.2, 0.25) is 5.91 Å². The van der Waals surface area contributed by atoms with Crippen LogP contribution in [0.3, 0.4) is 0 Å². The number of amides is 1. The average Bonchev–Trinajstić information content (AvgIpc) is 2.85. The zero-order valence-electron chi connectivity index (χ0n) is 9.33. The molecule has 0 aliphatic heterocycles. The monoisotopic (exact) mass is 300 g/mol. The molecule has 5 nitrogen and oxygen atoms in total. The van der Waals surface area contributed by atoms with E-state index in [1.165, 1.54) is 29.3 Å². The van der Waals surface area contributed by atoms with Crippen molar-refractivity contribution in [1.82, 2.24) is 15.2 Å². The number of hydrogen-bond acceptors (Lipinski definition) is 6. The molecule has 0 bridgehead atoms. The van der Waals surface area contributed by atoms with Gasteiger partial charge in [-0.3, -0.25) is 4.79 Å². The van der Waals surface area contributed by atoms with Gasteiger partial charge in [0.15, 0.2) is 4.34 Å². The minimum Gasteiger partial charge on any atom is -0.310 e. The van der Waals surface area contributed by atoms with Crippen LogP contribution in [0.25, 0.3) is 0 Å². The number of nitrogens with zero attached hydrogens (tertiary/aromatic N) is 3. The van der Waals surface area contributed by atoms with Gasteiger partial charge in [-0.1, -0.05) is 34.7 Å². The zero-order chi connectivity index (χ0) is 13.0. The highest BCUT2D eigenvalue weighted by Crippen LogP contribution is 2.24. The third-order valence-corrected chi connectivity index (χ3v) is 4.10. The van der Waals surface area contributed by atoms with Crippen molar-refractivity contribution < 1.29 is 4.79 Å². The van der Waals surface area contributed by atoms with Crippen LogP contribution < -0.4 is 5.32 Å². The van der Waals surface area contributed by atoms with Gasteiger partial charge in [-0.2, -0.15) is 0 Å². The molecular formula is C10H9ClN4OS2. The number of halogens is 1. The van der Waals surface area contributed by atoms with E-state index in [4.69, 9.17) is 11.6 Å². The minimum absolute atomic E-state index is 0.134. The second kappa shape index (κ2) is 6.12. The van der Waals surface area contributed by atoms with Crippen LogP contribution in [0, 0.1) is 0 Å². The number of nitrogens with one attached hydrogen (secondary N) is 1. The van der Waals surface area contributed by atoms with Crippen molar-refractivity contribution in [2.75, 3.05) is 5.32 Å². The van der Waals surface area contributed by atoms with Gasteiger partial charge in [-0.25, -0.2) is 4.98 Å². The first kappa shape index (κ1) is 13.3. The van der Waals surface area contributed by atoms with E-state index < -0.39 is 0 Å². The summed E-state index contributed by atoms with van der Waals surface area (Å²) in [6.07, 6.45) is 1.49. The van der Waals surface area contributed by atoms with E-state index in [-0.39, 0.29) is 11.2 Å². The fourth-order valence-corrected chi connectivity index (χ4v) is 2.83. The van der Waals surface area contributed by atoms with Crippen molar-refractivity contribution in [2.45, 2.75) is 16.5 Å². The minimum atomic E-state index is -0.268. The van der Waals surface area contributed by atoms with Gasteiger partial charge in [0.1, 0.15) is 11.3 Å². The third-order valence-electron chi connectivity index (χ3n) is 1.97. The van der Waals surface area contributed by atoms with Gasteiger partial charge >= 0.3 is 0 Å². The number of rotatable bonds is 4. The lowest BCUT2D eigenvalue weighted by Crippen LogP contribution is -2.22. The third kappa shape index (κ3) is 3.66. The predicted octanol–water partition coefficient (Wildman–Crippen LogP) is 2.71. The number of aromatic nitrogens is 3. The molecule has 0 saturated carbocycles. The molecule has 1 atom stereocenters. The van der Waals surface area contributed by atoms with Crippen LogP contribution in [0.5, 0.6) is 0 Å². The van der Waals surface area contributed by atoms with Gasteiger partial charge in [0.25, 0.3) is 0 Å². The van der Waals surface area contributed by atoms with Crippen LogP contribution in [0.4, 0.5) is 5.82 Å². The number of thioether (sulfide) groups is 1. The Morgan fingerprint density at radius 2 is 2.39 bits per heavy atom. The molecule has 0 saturated heterocycles. The highest BCUT2D eigenvalue weighted by Gasteiger charge is 2.16. The van der Waals surface area contributed by atoms with Gasteiger partial charge < -0.3 is 5.32 Å². The Hall–Kier alpha value is -1.18. The first-order valence-corrected chi connectivity index (χ1v) is 7.14. The molecule has 1 N–H and O–H groups in total. The summed E-state index contributed by atoms with van der Waals surface area (Å²) < 4.78 is 0.765. The molecule has 1 amide bonds. The smallest absolute Gasteiger partial charge is 0.238 e. The molecule has 0 aliphatic rings. The van der Waals surface area contributed by atoms with Crippen molar-refractivity contribution in [3.05, 3.63) is 28.9 Å². The van der Waals surface area contributed by atoms with E-state index in [1.807, 2.05) is 0 Å². The number of hydrogen-bond donors (Lipinski definition) is 1. The van der Waals surface area contributed by atoms with E-state index in [2.05, 4.69) is 20.5 Å². The fourth-order valence-electron chi connectivity index (χ4n) is 1.10. The Bertz CT molecular complexity index is 517. The SMILES string of the molecule is C[C@@H](Sc1nncs1)C(=O)Nc1ccc(Cl)cn1. The summed E-state index contributed by atoms with van der Waals surface area (Å²) >= 11 is 8.48. The van der Waals surface area contributed by atoms with Crippen molar-refractivity contribution >= 4 is 46.4 Å². The molecule has 2 aromatic heterocycles. The van der Waals surface area contributed by atoms with Crippen LogP contribution in [0.2, 0.25) is 5.02 Å². The summed E-state index contributed by atoms with van der Waals surface area (Å²) in [6, 6.07) is 3.33. The summed E-state index contributed by atoms with van der Waals surface area (Å²) in [5.41, 5.74) is 1.63. The second-order valence-electron chi connectivity index (χ2n) is 3.32. The molecule has 2 aromatic rings. The van der Waals surface area contributed by atoms with Crippen LogP contribution in [-0.2, 0) is 4.79 Å². The van der Waals surface area contributed by atoms with Crippen LogP contribution >= 0.6 is 34.7 Å². The summed E-state index contributed by atoms with van der Waals surface area (Å²) in [7, 11) is 0. The lowest BCUT2D eigenvalue weighted by molar-refractivity contribution is -0.115. The number of carbonyl (C=O) groups excluding carboxylic acids is 1. The fraction of sp³-hybridized carbons (Fsp3) is 0.200. The molecule has 18 heavy (non-hydrogen) atoms. The van der Waals surface area contributed by atoms with Crippen molar-refractivity contribution in [2.24, 2.45) is 0 Å². The first-order valence-electron chi connectivity index (χ1n) is 5.00. The standard InChI is InChI=1S/C10H9ClN4OS2/c1-6(18-10-15-13-5-17-10)9(16)14-8-3-2-7(11)4-12-8/h2-6H,1H3,(H,12,14,16)/t6-/m1/s1. The van der Waals surface area contributed by atoms with E-state index in [9.17, 15) is 4.79 Å². The first-order chi connectivity index (χ1) is 8.65. The average molecular weight is 301 g/mol. The van der Waals surface area contributed by atoms with Gasteiger partial charge in [-0.05, 0) is 19.1 Å². The molecule has 0 spiro atoms. The molecular weight excluding hydrogens is 292 g/mol. The van der Waals surface area contributed by atoms with Gasteiger partial charge in [-0.15, -0.1) is 10.2 Å². The highest BCUT2D eigenvalue weighted by atomic mass is 35.5. The molecule has 0 aliphatic carbocycles. The molecule has 0 unspecified atom stereocenters. The van der Waals surface area contributed by atoms with E-state index in [0.29, 0.717) is 10.8 Å². The normalized spacial score (nSPS) is 12.1. The van der Waals surface area contributed by atoms with Gasteiger partial charge in [0.05, 0.1) is 10.3 Å². The van der Waals surface area contributed by atoms with Crippen LogP contribution in [-0.4, -0.2) is 26.3 Å². The molecule has 0 fully saturated rings. The Balaban J connectivity index is 1.93. The summed E-state index contributed by atoms with van der Waals surface area (Å²) in [6.45, 7) is 1.80. The maximum absolute atomic E-state index is 11.9. The molecule has 2 heterocycles. The summed E-state index contributed by atoms with van der Waals surface area (Å²) in [5.74, 6) is 0.346. The molecule has 8 heteroatoms. The predicted molar refractivity (Wildman–Crippen MR) is 73.1 cm³/mol. The largest absolute Gasteiger partial charge is 0.310 e. The Kier molecular flexibility index (Phi) is 4.51. The molecule has 0 radical (unpaired) electrons. The van der Waals surface area contributed by atoms with Crippen LogP contribution in [0.1, 0.15) is 6.92 Å². The van der Waals surface area contributed by atoms with E-state index in [0.717, 1.165) is 4.34 Å². The molecule has 2 rings (SSSR count). The van der Waals surface area contributed by atoms with E-state index >= 15 is 0 Å². The molecule has 94 valence electrons. The zero-order valence-corrected chi connectivity index (χ0v) is 11.7. The van der Waals surface area contributed by atoms with Crippen molar-refractivity contribution in [3.8, 4) is 0 Å². The maximum Gasteiger partial charge on any atom is 0.238 e. The maximum atomic E-state index is 11.9. The lowest BCUT2D eigenvalue weighted by atomic mass is 10.4. The molecule has 0 aromatic carbocycles. The summed E-state index contributed by atoms with van der Waals surface area (Å²) in [5, 5.41) is 10.6. The Morgan fingerprint density at radius 3 is 3.00 bits per heavy atom. The number of pyridine rings is 1. The lowest BCUT2D eigenvalue weighted by Gasteiger charge is -2.09. The topological polar surface area (TPSA) is 67.8 Å². The van der Waals surface area contributed by atoms with E-state index in [1.54, 1.807) is 24.6 Å². The highest BCUT2D eigenvalue weighted by molar-refractivity contribution is 8.02. The Morgan fingerprint density at radius 1 is 1.56 bits per heavy atom. The van der Waals surface area contributed by atoms with Gasteiger partial charge in [0, 0.05) is 6.20 Å². The van der Waals surface area contributed by atoms with Crippen molar-refractivity contribution in [1.29, 1.82) is 0 Å². The quantitative estimate of drug-likeness (QED) is 0.879. The Labute approximate surface area is 117 Å².